The lowest BCUT2D eigenvalue weighted by molar-refractivity contribution is 0.122. The van der Waals surface area contributed by atoms with Crippen LogP contribution in [-0.2, 0) is 21.8 Å². The number of morpholine rings is 1. The highest BCUT2D eigenvalue weighted by atomic mass is 32.2. The molecule has 9 nitrogen and oxygen atoms in total. The Morgan fingerprint density at radius 3 is 2.53 bits per heavy atom. The first-order valence-corrected chi connectivity index (χ1v) is 12.8. The zero-order chi connectivity index (χ0) is 23.7. The van der Waals surface area contributed by atoms with E-state index in [1.165, 1.54) is 0 Å². The van der Waals surface area contributed by atoms with Gasteiger partial charge in [0.05, 0.1) is 31.2 Å². The van der Waals surface area contributed by atoms with Gasteiger partial charge in [0.15, 0.2) is 0 Å². The maximum Gasteiger partial charge on any atom is 0.229 e. The average Bonchev–Trinajstić information content (AvgIpc) is 3.15. The number of ether oxygens (including phenoxy) is 1. The van der Waals surface area contributed by atoms with E-state index in [1.54, 1.807) is 18.3 Å². The molecule has 2 aromatic carbocycles. The van der Waals surface area contributed by atoms with E-state index in [1.807, 2.05) is 42.1 Å². The summed E-state index contributed by atoms with van der Waals surface area (Å²) in [5.41, 5.74) is 5.98. The standard InChI is InChI=1S/C24H26N6O3S/c1-29-16-21(17-4-3-5-19(14-17)28-34(2,31)32)23-22(29)15-25-24(27-23)26-18-6-8-20(9-7-18)30-10-12-33-13-11-30/h3-9,14-16,28H,10-13H2,1-2H3,(H,25,26,27). The van der Waals surface area contributed by atoms with Crippen molar-refractivity contribution in [2.45, 2.75) is 0 Å². The highest BCUT2D eigenvalue weighted by Crippen LogP contribution is 2.31. The first-order valence-electron chi connectivity index (χ1n) is 11.0. The van der Waals surface area contributed by atoms with Crippen molar-refractivity contribution in [2.24, 2.45) is 7.05 Å². The van der Waals surface area contributed by atoms with E-state index in [0.717, 1.165) is 66.1 Å². The molecule has 10 heteroatoms. The third-order valence-corrected chi connectivity index (χ3v) is 6.31. The fourth-order valence-corrected chi connectivity index (χ4v) is 4.65. The normalized spacial score (nSPS) is 14.4. The van der Waals surface area contributed by atoms with Gasteiger partial charge in [0.25, 0.3) is 0 Å². The Morgan fingerprint density at radius 1 is 1.03 bits per heavy atom. The number of fused-ring (bicyclic) bond motifs is 1. The highest BCUT2D eigenvalue weighted by Gasteiger charge is 2.14. The van der Waals surface area contributed by atoms with Gasteiger partial charge < -0.3 is 19.5 Å². The summed E-state index contributed by atoms with van der Waals surface area (Å²) in [7, 11) is -1.43. The quantitative estimate of drug-likeness (QED) is 0.437. The van der Waals surface area contributed by atoms with Gasteiger partial charge in [-0.15, -0.1) is 0 Å². The number of hydrogen-bond donors (Lipinski definition) is 2. The van der Waals surface area contributed by atoms with Crippen molar-refractivity contribution in [1.29, 1.82) is 0 Å². The van der Waals surface area contributed by atoms with Crippen LogP contribution in [0.25, 0.3) is 22.2 Å². The number of hydrogen-bond acceptors (Lipinski definition) is 7. The van der Waals surface area contributed by atoms with Crippen LogP contribution in [0.1, 0.15) is 0 Å². The van der Waals surface area contributed by atoms with Gasteiger partial charge in [-0.3, -0.25) is 4.72 Å². The number of anilines is 4. The fraction of sp³-hybridized carbons (Fsp3) is 0.250. The third-order valence-electron chi connectivity index (χ3n) is 5.70. The fourth-order valence-electron chi connectivity index (χ4n) is 4.10. The molecule has 0 amide bonds. The molecule has 0 bridgehead atoms. The molecule has 1 fully saturated rings. The van der Waals surface area contributed by atoms with Crippen molar-refractivity contribution >= 4 is 44.1 Å². The summed E-state index contributed by atoms with van der Waals surface area (Å²) in [6, 6.07) is 15.5. The van der Waals surface area contributed by atoms with Gasteiger partial charge in [-0.25, -0.2) is 18.4 Å². The molecule has 5 rings (SSSR count). The number of aryl methyl sites for hydroxylation is 1. The van der Waals surface area contributed by atoms with Crippen molar-refractivity contribution in [3.63, 3.8) is 0 Å². The van der Waals surface area contributed by atoms with Crippen LogP contribution in [-0.4, -0.2) is 55.5 Å². The van der Waals surface area contributed by atoms with Gasteiger partial charge in [0, 0.05) is 49.0 Å². The maximum atomic E-state index is 11.6. The van der Waals surface area contributed by atoms with E-state index in [-0.39, 0.29) is 0 Å². The number of nitrogens with zero attached hydrogens (tertiary/aromatic N) is 4. The molecule has 3 heterocycles. The van der Waals surface area contributed by atoms with Crippen LogP contribution in [0.5, 0.6) is 0 Å². The zero-order valence-electron chi connectivity index (χ0n) is 19.0. The van der Waals surface area contributed by atoms with Gasteiger partial charge in [-0.1, -0.05) is 12.1 Å². The third kappa shape index (κ3) is 4.82. The van der Waals surface area contributed by atoms with Crippen LogP contribution >= 0.6 is 0 Å². The Bertz CT molecular complexity index is 1430. The molecule has 0 atom stereocenters. The Hall–Kier alpha value is -3.63. The molecule has 34 heavy (non-hydrogen) atoms. The SMILES string of the molecule is Cn1cc(-c2cccc(NS(C)(=O)=O)c2)c2nc(Nc3ccc(N4CCOCC4)cc3)ncc21. The molecule has 176 valence electrons. The van der Waals surface area contributed by atoms with Crippen molar-refractivity contribution in [3.05, 3.63) is 60.9 Å². The number of sulfonamides is 1. The minimum Gasteiger partial charge on any atom is -0.378 e. The van der Waals surface area contributed by atoms with Crippen molar-refractivity contribution in [2.75, 3.05) is 47.5 Å². The maximum absolute atomic E-state index is 11.6. The van der Waals surface area contributed by atoms with Crippen LogP contribution in [0.4, 0.5) is 23.0 Å². The first kappa shape index (κ1) is 22.2. The Morgan fingerprint density at radius 2 is 1.79 bits per heavy atom. The molecule has 0 spiro atoms. The molecule has 4 aromatic rings. The number of benzene rings is 2. The molecule has 1 saturated heterocycles. The summed E-state index contributed by atoms with van der Waals surface area (Å²) >= 11 is 0. The summed E-state index contributed by atoms with van der Waals surface area (Å²) in [4.78, 5) is 11.6. The lowest BCUT2D eigenvalue weighted by Gasteiger charge is -2.28. The Balaban J connectivity index is 1.42. The van der Waals surface area contributed by atoms with Crippen LogP contribution < -0.4 is 14.9 Å². The van der Waals surface area contributed by atoms with E-state index in [2.05, 4.69) is 32.1 Å². The van der Waals surface area contributed by atoms with Crippen LogP contribution in [0.15, 0.2) is 60.9 Å². The Kier molecular flexibility index (Phi) is 5.84. The highest BCUT2D eigenvalue weighted by molar-refractivity contribution is 7.92. The van der Waals surface area contributed by atoms with Gasteiger partial charge in [-0.05, 0) is 42.0 Å². The van der Waals surface area contributed by atoms with Gasteiger partial charge in [0.2, 0.25) is 16.0 Å². The molecule has 0 unspecified atom stereocenters. The van der Waals surface area contributed by atoms with Crippen LogP contribution in [0.2, 0.25) is 0 Å². The lowest BCUT2D eigenvalue weighted by atomic mass is 10.1. The zero-order valence-corrected chi connectivity index (χ0v) is 19.8. The molecule has 2 N–H and O–H groups in total. The minimum atomic E-state index is -3.37. The second-order valence-electron chi connectivity index (χ2n) is 8.31. The predicted octanol–water partition coefficient (Wildman–Crippen LogP) is 3.59. The second-order valence-corrected chi connectivity index (χ2v) is 10.1. The minimum absolute atomic E-state index is 0.490. The molecule has 0 saturated carbocycles. The second kappa shape index (κ2) is 8.96. The summed E-state index contributed by atoms with van der Waals surface area (Å²) in [6.45, 7) is 3.29. The van der Waals surface area contributed by atoms with E-state index < -0.39 is 10.0 Å². The summed E-state index contributed by atoms with van der Waals surface area (Å²) in [6.07, 6.45) is 4.89. The van der Waals surface area contributed by atoms with Crippen molar-refractivity contribution in [3.8, 4) is 11.1 Å². The van der Waals surface area contributed by atoms with Crippen molar-refractivity contribution in [1.82, 2.24) is 14.5 Å². The molecule has 2 aromatic heterocycles. The van der Waals surface area contributed by atoms with E-state index >= 15 is 0 Å². The smallest absolute Gasteiger partial charge is 0.229 e. The predicted molar refractivity (Wildman–Crippen MR) is 135 cm³/mol. The van der Waals surface area contributed by atoms with Crippen LogP contribution in [0.3, 0.4) is 0 Å². The van der Waals surface area contributed by atoms with E-state index in [4.69, 9.17) is 9.72 Å². The van der Waals surface area contributed by atoms with E-state index in [9.17, 15) is 8.42 Å². The van der Waals surface area contributed by atoms with Gasteiger partial charge in [0.1, 0.15) is 5.52 Å². The molecular weight excluding hydrogens is 452 g/mol. The number of aromatic nitrogens is 3. The Labute approximate surface area is 198 Å². The number of rotatable bonds is 6. The summed E-state index contributed by atoms with van der Waals surface area (Å²) in [5, 5.41) is 3.29. The lowest BCUT2D eigenvalue weighted by Crippen LogP contribution is -2.36. The molecule has 0 radical (unpaired) electrons. The molecule has 1 aliphatic rings. The monoisotopic (exact) mass is 478 g/mol. The van der Waals surface area contributed by atoms with Gasteiger partial charge >= 0.3 is 0 Å². The summed E-state index contributed by atoms with van der Waals surface area (Å²) < 4.78 is 33.2. The van der Waals surface area contributed by atoms with Gasteiger partial charge in [-0.2, -0.15) is 0 Å². The molecule has 0 aliphatic carbocycles. The van der Waals surface area contributed by atoms with Crippen molar-refractivity contribution < 1.29 is 13.2 Å². The largest absolute Gasteiger partial charge is 0.378 e. The van der Waals surface area contributed by atoms with E-state index in [0.29, 0.717) is 11.6 Å². The first-order chi connectivity index (χ1) is 16.4. The number of nitrogens with one attached hydrogen (secondary N) is 2. The molecular formula is C24H26N6O3S. The molecule has 1 aliphatic heterocycles. The summed E-state index contributed by atoms with van der Waals surface area (Å²) in [5.74, 6) is 0.490. The average molecular weight is 479 g/mol. The van der Waals surface area contributed by atoms with Crippen LogP contribution in [0, 0.1) is 0 Å². The topological polar surface area (TPSA) is 101 Å².